The molecule has 3 rings (SSSR count). The van der Waals surface area contributed by atoms with Crippen LogP contribution in [0, 0.1) is 11.8 Å². The van der Waals surface area contributed by atoms with Gasteiger partial charge in [0.05, 0.1) is 6.26 Å². The summed E-state index contributed by atoms with van der Waals surface area (Å²) < 4.78 is 24.8. The number of benzene rings is 1. The van der Waals surface area contributed by atoms with Crippen LogP contribution in [0.15, 0.2) is 24.3 Å². The van der Waals surface area contributed by atoms with Crippen molar-refractivity contribution in [2.75, 3.05) is 24.1 Å². The number of rotatable bonds is 3. The molecule has 1 amide bonds. The summed E-state index contributed by atoms with van der Waals surface area (Å²) in [6.45, 7) is 1.74. The maximum atomic E-state index is 12.6. The van der Waals surface area contributed by atoms with Gasteiger partial charge in [0.2, 0.25) is 10.0 Å². The molecule has 0 radical (unpaired) electrons. The van der Waals surface area contributed by atoms with Gasteiger partial charge < -0.3 is 4.90 Å². The Bertz CT molecular complexity index is 640. The highest BCUT2D eigenvalue weighted by Crippen LogP contribution is 2.36. The third-order valence-electron chi connectivity index (χ3n) is 4.70. The molecule has 5 nitrogen and oxygen atoms in total. The lowest BCUT2D eigenvalue weighted by Gasteiger charge is -2.22. The first-order valence-corrected chi connectivity index (χ1v) is 9.68. The van der Waals surface area contributed by atoms with E-state index in [0.717, 1.165) is 19.3 Å². The van der Waals surface area contributed by atoms with E-state index < -0.39 is 10.0 Å². The molecule has 0 spiro atoms. The molecule has 1 aromatic carbocycles. The van der Waals surface area contributed by atoms with Crippen molar-refractivity contribution in [1.82, 2.24) is 4.90 Å². The van der Waals surface area contributed by atoms with E-state index in [9.17, 15) is 13.2 Å². The summed E-state index contributed by atoms with van der Waals surface area (Å²) in [4.78, 5) is 14.5. The fourth-order valence-electron chi connectivity index (χ4n) is 3.65. The largest absolute Gasteiger partial charge is 0.338 e. The van der Waals surface area contributed by atoms with Gasteiger partial charge in [-0.2, -0.15) is 0 Å². The Morgan fingerprint density at radius 2 is 1.64 bits per heavy atom. The zero-order valence-electron chi connectivity index (χ0n) is 12.8. The summed E-state index contributed by atoms with van der Waals surface area (Å²) >= 11 is 0. The molecule has 0 aromatic heterocycles. The van der Waals surface area contributed by atoms with E-state index in [1.54, 1.807) is 24.3 Å². The molecular formula is C16H22N2O3S. The van der Waals surface area contributed by atoms with Gasteiger partial charge in [-0.15, -0.1) is 0 Å². The van der Waals surface area contributed by atoms with Gasteiger partial charge in [0.25, 0.3) is 5.91 Å². The van der Waals surface area contributed by atoms with Gasteiger partial charge in [0.1, 0.15) is 0 Å². The van der Waals surface area contributed by atoms with Crippen LogP contribution >= 0.6 is 0 Å². The lowest BCUT2D eigenvalue weighted by atomic mass is 9.82. The second-order valence-electron chi connectivity index (χ2n) is 6.47. The second kappa shape index (κ2) is 5.91. The zero-order chi connectivity index (χ0) is 15.7. The maximum Gasteiger partial charge on any atom is 0.253 e. The second-order valence-corrected chi connectivity index (χ2v) is 8.21. The topological polar surface area (TPSA) is 66.5 Å². The Balaban J connectivity index is 1.68. The predicted octanol–water partition coefficient (Wildman–Crippen LogP) is 2.32. The molecule has 1 saturated carbocycles. The van der Waals surface area contributed by atoms with E-state index in [-0.39, 0.29) is 5.91 Å². The molecule has 2 fully saturated rings. The van der Waals surface area contributed by atoms with Crippen molar-refractivity contribution >= 4 is 21.6 Å². The number of anilines is 1. The van der Waals surface area contributed by atoms with Crippen LogP contribution in [-0.2, 0) is 10.0 Å². The number of nitrogens with one attached hydrogen (secondary N) is 1. The summed E-state index contributed by atoms with van der Waals surface area (Å²) in [5.41, 5.74) is 1.10. The van der Waals surface area contributed by atoms with Crippen LogP contribution in [-0.4, -0.2) is 38.6 Å². The molecule has 1 aliphatic carbocycles. The van der Waals surface area contributed by atoms with Crippen molar-refractivity contribution < 1.29 is 13.2 Å². The fourth-order valence-corrected chi connectivity index (χ4v) is 4.21. The van der Waals surface area contributed by atoms with Crippen LogP contribution in [0.3, 0.4) is 0 Å². The standard InChI is InChI=1S/C16H22N2O3S/c1-22(20,21)17-15-8-6-12(7-9-15)16(19)18-10-13-4-2-3-5-14(13)11-18/h6-9,13-14,17H,2-5,10-11H2,1H3. The Labute approximate surface area is 131 Å². The maximum absolute atomic E-state index is 12.6. The third-order valence-corrected chi connectivity index (χ3v) is 5.31. The molecule has 1 heterocycles. The van der Waals surface area contributed by atoms with Crippen molar-refractivity contribution in [3.63, 3.8) is 0 Å². The smallest absolute Gasteiger partial charge is 0.253 e. The summed E-state index contributed by atoms with van der Waals surface area (Å²) in [5, 5.41) is 0. The zero-order valence-corrected chi connectivity index (χ0v) is 13.6. The normalized spacial score (nSPS) is 24.9. The van der Waals surface area contributed by atoms with Gasteiger partial charge >= 0.3 is 0 Å². The summed E-state index contributed by atoms with van der Waals surface area (Å²) in [7, 11) is -3.29. The lowest BCUT2D eigenvalue weighted by molar-refractivity contribution is 0.0784. The van der Waals surface area contributed by atoms with Crippen LogP contribution in [0.1, 0.15) is 36.0 Å². The molecule has 1 aromatic rings. The van der Waals surface area contributed by atoms with Crippen molar-refractivity contribution in [2.24, 2.45) is 11.8 Å². The molecule has 1 aliphatic heterocycles. The van der Waals surface area contributed by atoms with Gasteiger partial charge in [0, 0.05) is 24.3 Å². The van der Waals surface area contributed by atoms with E-state index >= 15 is 0 Å². The minimum absolute atomic E-state index is 0.0558. The van der Waals surface area contributed by atoms with Gasteiger partial charge in [-0.3, -0.25) is 9.52 Å². The van der Waals surface area contributed by atoms with Crippen LogP contribution in [0.2, 0.25) is 0 Å². The first-order valence-electron chi connectivity index (χ1n) is 7.79. The minimum Gasteiger partial charge on any atom is -0.338 e. The molecule has 1 saturated heterocycles. The number of carbonyl (C=O) groups excluding carboxylic acids is 1. The van der Waals surface area contributed by atoms with Gasteiger partial charge in [0.15, 0.2) is 0 Å². The number of hydrogen-bond donors (Lipinski definition) is 1. The first kappa shape index (κ1) is 15.3. The van der Waals surface area contributed by atoms with Crippen molar-refractivity contribution in [3.8, 4) is 0 Å². The van der Waals surface area contributed by atoms with E-state index in [1.165, 1.54) is 25.7 Å². The van der Waals surface area contributed by atoms with Crippen LogP contribution in [0.4, 0.5) is 5.69 Å². The predicted molar refractivity (Wildman–Crippen MR) is 86.3 cm³/mol. The molecule has 0 bridgehead atoms. The van der Waals surface area contributed by atoms with Crippen LogP contribution in [0.5, 0.6) is 0 Å². The van der Waals surface area contributed by atoms with Crippen molar-refractivity contribution in [2.45, 2.75) is 25.7 Å². The van der Waals surface area contributed by atoms with E-state index in [2.05, 4.69) is 4.72 Å². The average Bonchev–Trinajstić information content (AvgIpc) is 2.89. The van der Waals surface area contributed by atoms with Gasteiger partial charge in [-0.1, -0.05) is 12.8 Å². The van der Waals surface area contributed by atoms with Crippen molar-refractivity contribution in [3.05, 3.63) is 29.8 Å². The Morgan fingerprint density at radius 3 is 2.14 bits per heavy atom. The van der Waals surface area contributed by atoms with Gasteiger partial charge in [-0.25, -0.2) is 8.42 Å². The highest BCUT2D eigenvalue weighted by molar-refractivity contribution is 7.92. The Hall–Kier alpha value is -1.56. The number of likely N-dealkylation sites (tertiary alicyclic amines) is 1. The number of amides is 1. The molecular weight excluding hydrogens is 300 g/mol. The Morgan fingerprint density at radius 1 is 1.09 bits per heavy atom. The van der Waals surface area contributed by atoms with Gasteiger partial charge in [-0.05, 0) is 48.9 Å². The average molecular weight is 322 g/mol. The SMILES string of the molecule is CS(=O)(=O)Nc1ccc(C(=O)N2CC3CCCCC3C2)cc1. The number of hydrogen-bond acceptors (Lipinski definition) is 3. The van der Waals surface area contributed by atoms with E-state index in [0.29, 0.717) is 23.1 Å². The number of carbonyl (C=O) groups is 1. The third kappa shape index (κ3) is 3.43. The summed E-state index contributed by atoms with van der Waals surface area (Å²) in [6.07, 6.45) is 6.17. The minimum atomic E-state index is -3.29. The highest BCUT2D eigenvalue weighted by atomic mass is 32.2. The molecule has 2 atom stereocenters. The quantitative estimate of drug-likeness (QED) is 0.929. The Kier molecular flexibility index (Phi) is 4.12. The molecule has 2 aliphatic rings. The number of sulfonamides is 1. The summed E-state index contributed by atoms with van der Waals surface area (Å²) in [6, 6.07) is 6.66. The van der Waals surface area contributed by atoms with Crippen molar-refractivity contribution in [1.29, 1.82) is 0 Å². The summed E-state index contributed by atoms with van der Waals surface area (Å²) in [5.74, 6) is 1.40. The molecule has 22 heavy (non-hydrogen) atoms. The highest BCUT2D eigenvalue weighted by Gasteiger charge is 2.36. The fraction of sp³-hybridized carbons (Fsp3) is 0.562. The monoisotopic (exact) mass is 322 g/mol. The molecule has 1 N–H and O–H groups in total. The van der Waals surface area contributed by atoms with E-state index in [1.807, 2.05) is 4.90 Å². The van der Waals surface area contributed by atoms with Crippen LogP contribution < -0.4 is 4.72 Å². The van der Waals surface area contributed by atoms with E-state index in [4.69, 9.17) is 0 Å². The molecule has 120 valence electrons. The lowest BCUT2D eigenvalue weighted by Crippen LogP contribution is -2.28. The molecule has 6 heteroatoms. The number of fused-ring (bicyclic) bond motifs is 1. The number of nitrogens with zero attached hydrogens (tertiary/aromatic N) is 1. The molecule has 2 unspecified atom stereocenters. The van der Waals surface area contributed by atoms with Crippen LogP contribution in [0.25, 0.3) is 0 Å². The first-order chi connectivity index (χ1) is 10.4.